The van der Waals surface area contributed by atoms with Crippen LogP contribution in [0.3, 0.4) is 0 Å². The van der Waals surface area contributed by atoms with Gasteiger partial charge in [-0.05, 0) is 35.6 Å². The normalized spacial score (nSPS) is 16.7. The van der Waals surface area contributed by atoms with Crippen LogP contribution in [0.5, 0.6) is 0 Å². The maximum absolute atomic E-state index is 10.6. The van der Waals surface area contributed by atoms with Crippen LogP contribution in [0.1, 0.15) is 25.7 Å². The molecule has 0 bridgehead atoms. The first-order valence-electron chi connectivity index (χ1n) is 6.73. The molecule has 3 heterocycles. The Kier molecular flexibility index (Phi) is 3.44. The van der Waals surface area contributed by atoms with Crippen molar-refractivity contribution in [2.75, 3.05) is 18.0 Å². The third kappa shape index (κ3) is 2.54. The van der Waals surface area contributed by atoms with Gasteiger partial charge in [0.15, 0.2) is 11.5 Å². The fraction of sp³-hybridized carbons (Fsp3) is 0.583. The number of fused-ring (bicyclic) bond motifs is 1. The van der Waals surface area contributed by atoms with Crippen molar-refractivity contribution in [3.8, 4) is 0 Å². The van der Waals surface area contributed by atoms with Crippen molar-refractivity contribution in [2.45, 2.75) is 25.7 Å². The summed E-state index contributed by atoms with van der Waals surface area (Å²) in [4.78, 5) is 17.0. The van der Waals surface area contributed by atoms with E-state index < -0.39 is 5.97 Å². The number of anilines is 1. The number of nitrogens with zero attached hydrogens (tertiary/aromatic N) is 6. The monoisotopic (exact) mass is 276 g/mol. The third-order valence-corrected chi connectivity index (χ3v) is 3.80. The Morgan fingerprint density at radius 3 is 2.90 bits per heavy atom. The number of carbonyl (C=O) groups is 1. The van der Waals surface area contributed by atoms with E-state index in [9.17, 15) is 4.79 Å². The van der Waals surface area contributed by atoms with Crippen LogP contribution in [0.2, 0.25) is 0 Å². The predicted molar refractivity (Wildman–Crippen MR) is 70.4 cm³/mol. The molecule has 0 aromatic carbocycles. The van der Waals surface area contributed by atoms with Crippen LogP contribution in [-0.2, 0) is 4.79 Å². The van der Waals surface area contributed by atoms with Crippen LogP contribution in [-0.4, -0.2) is 49.2 Å². The molecule has 1 aliphatic heterocycles. The van der Waals surface area contributed by atoms with E-state index in [0.717, 1.165) is 38.2 Å². The Morgan fingerprint density at radius 1 is 1.35 bits per heavy atom. The summed E-state index contributed by atoms with van der Waals surface area (Å²) >= 11 is 0. The number of rotatable bonds is 4. The topological polar surface area (TPSA) is 96.5 Å². The smallest absolute Gasteiger partial charge is 0.303 e. The van der Waals surface area contributed by atoms with Crippen LogP contribution in [0.4, 0.5) is 5.82 Å². The fourth-order valence-electron chi connectivity index (χ4n) is 2.66. The average molecular weight is 276 g/mol. The van der Waals surface area contributed by atoms with Gasteiger partial charge in [0.2, 0.25) is 0 Å². The Hall–Kier alpha value is -2.25. The van der Waals surface area contributed by atoms with E-state index in [0.29, 0.717) is 11.6 Å². The standard InChI is InChI=1S/C12H16N6O2/c19-12(20)2-1-9-3-5-17(6-4-9)11-8-13-7-10-14-15-16-18(10)11/h7-9H,1-6H2,(H,19,20). The number of tetrazole rings is 1. The second-order valence-electron chi connectivity index (χ2n) is 5.08. The molecule has 0 saturated carbocycles. The van der Waals surface area contributed by atoms with Gasteiger partial charge in [-0.3, -0.25) is 9.78 Å². The summed E-state index contributed by atoms with van der Waals surface area (Å²) in [5, 5.41) is 20.2. The highest BCUT2D eigenvalue weighted by Gasteiger charge is 2.22. The first-order chi connectivity index (χ1) is 9.74. The maximum Gasteiger partial charge on any atom is 0.303 e. The second kappa shape index (κ2) is 5.40. The molecular formula is C12H16N6O2. The molecule has 0 aliphatic carbocycles. The largest absolute Gasteiger partial charge is 0.481 e. The minimum absolute atomic E-state index is 0.259. The van der Waals surface area contributed by atoms with Crippen molar-refractivity contribution >= 4 is 17.4 Å². The second-order valence-corrected chi connectivity index (χ2v) is 5.08. The van der Waals surface area contributed by atoms with Crippen LogP contribution < -0.4 is 4.90 Å². The van der Waals surface area contributed by atoms with Crippen molar-refractivity contribution in [2.24, 2.45) is 5.92 Å². The number of piperidine rings is 1. The van der Waals surface area contributed by atoms with E-state index in [1.165, 1.54) is 0 Å². The molecule has 106 valence electrons. The molecule has 1 saturated heterocycles. The molecule has 2 aromatic heterocycles. The molecule has 0 unspecified atom stereocenters. The van der Waals surface area contributed by atoms with Gasteiger partial charge in [0.25, 0.3) is 0 Å². The summed E-state index contributed by atoms with van der Waals surface area (Å²) in [7, 11) is 0. The van der Waals surface area contributed by atoms with Gasteiger partial charge >= 0.3 is 5.97 Å². The summed E-state index contributed by atoms with van der Waals surface area (Å²) in [6.07, 6.45) is 6.40. The molecule has 8 heteroatoms. The summed E-state index contributed by atoms with van der Waals surface area (Å²) in [6, 6.07) is 0. The molecule has 1 aliphatic rings. The molecule has 1 N–H and O–H groups in total. The van der Waals surface area contributed by atoms with E-state index in [1.807, 2.05) is 0 Å². The summed E-state index contributed by atoms with van der Waals surface area (Å²) in [6.45, 7) is 1.76. The van der Waals surface area contributed by atoms with Gasteiger partial charge in [0.1, 0.15) is 0 Å². The van der Waals surface area contributed by atoms with E-state index in [2.05, 4.69) is 25.4 Å². The number of hydrogen-bond acceptors (Lipinski definition) is 6. The highest BCUT2D eigenvalue weighted by Crippen LogP contribution is 2.25. The van der Waals surface area contributed by atoms with Gasteiger partial charge in [-0.2, -0.15) is 4.52 Å². The van der Waals surface area contributed by atoms with E-state index in [-0.39, 0.29) is 6.42 Å². The number of hydrogen-bond donors (Lipinski definition) is 1. The van der Waals surface area contributed by atoms with Crippen LogP contribution in [0, 0.1) is 5.92 Å². The molecule has 2 aromatic rings. The van der Waals surface area contributed by atoms with Crippen molar-refractivity contribution in [1.82, 2.24) is 25.0 Å². The van der Waals surface area contributed by atoms with Crippen LogP contribution >= 0.6 is 0 Å². The molecule has 3 rings (SSSR count). The quantitative estimate of drug-likeness (QED) is 0.873. The van der Waals surface area contributed by atoms with Crippen molar-refractivity contribution < 1.29 is 9.90 Å². The number of carboxylic acid groups (broad SMARTS) is 1. The molecule has 8 nitrogen and oxygen atoms in total. The average Bonchev–Trinajstić information content (AvgIpc) is 2.94. The first-order valence-corrected chi connectivity index (χ1v) is 6.73. The number of aliphatic carboxylic acids is 1. The van der Waals surface area contributed by atoms with Gasteiger partial charge in [0.05, 0.1) is 12.4 Å². The lowest BCUT2D eigenvalue weighted by molar-refractivity contribution is -0.137. The van der Waals surface area contributed by atoms with E-state index >= 15 is 0 Å². The zero-order chi connectivity index (χ0) is 13.9. The Labute approximate surface area is 115 Å². The van der Waals surface area contributed by atoms with E-state index in [4.69, 9.17) is 5.11 Å². The highest BCUT2D eigenvalue weighted by molar-refractivity contribution is 5.66. The van der Waals surface area contributed by atoms with Crippen molar-refractivity contribution in [3.63, 3.8) is 0 Å². The van der Waals surface area contributed by atoms with Gasteiger partial charge < -0.3 is 10.0 Å². The molecule has 1 fully saturated rings. The Bertz CT molecular complexity index is 605. The first kappa shape index (κ1) is 12.8. The third-order valence-electron chi connectivity index (χ3n) is 3.80. The van der Waals surface area contributed by atoms with Gasteiger partial charge in [-0.15, -0.1) is 5.10 Å². The minimum Gasteiger partial charge on any atom is -0.481 e. The highest BCUT2D eigenvalue weighted by atomic mass is 16.4. The fourth-order valence-corrected chi connectivity index (χ4v) is 2.66. The van der Waals surface area contributed by atoms with Crippen LogP contribution in [0.25, 0.3) is 5.65 Å². The lowest BCUT2D eigenvalue weighted by Gasteiger charge is -2.32. The lowest BCUT2D eigenvalue weighted by atomic mass is 9.92. The minimum atomic E-state index is -0.713. The SMILES string of the molecule is O=C(O)CCC1CCN(c2cncc3nnnn23)CC1. The zero-order valence-electron chi connectivity index (χ0n) is 11.0. The molecule has 20 heavy (non-hydrogen) atoms. The molecular weight excluding hydrogens is 260 g/mol. The van der Waals surface area contributed by atoms with Crippen molar-refractivity contribution in [3.05, 3.63) is 12.4 Å². The Balaban J connectivity index is 1.66. The molecule has 0 spiro atoms. The zero-order valence-corrected chi connectivity index (χ0v) is 11.0. The van der Waals surface area contributed by atoms with Gasteiger partial charge in [-0.1, -0.05) is 0 Å². The predicted octanol–water partition coefficient (Wildman–Crippen LogP) is 0.600. The lowest BCUT2D eigenvalue weighted by Crippen LogP contribution is -2.35. The van der Waals surface area contributed by atoms with Gasteiger partial charge in [0, 0.05) is 19.5 Å². The molecule has 0 amide bonds. The summed E-state index contributed by atoms with van der Waals surface area (Å²) in [5.74, 6) is 0.669. The summed E-state index contributed by atoms with van der Waals surface area (Å²) < 4.78 is 1.69. The number of aromatic nitrogens is 5. The molecule has 0 atom stereocenters. The summed E-state index contributed by atoms with van der Waals surface area (Å²) in [5.41, 5.74) is 0.635. The van der Waals surface area contributed by atoms with Crippen LogP contribution in [0.15, 0.2) is 12.4 Å². The molecule has 0 radical (unpaired) electrons. The van der Waals surface area contributed by atoms with Gasteiger partial charge in [-0.25, -0.2) is 0 Å². The maximum atomic E-state index is 10.6. The number of carboxylic acids is 1. The van der Waals surface area contributed by atoms with E-state index in [1.54, 1.807) is 16.9 Å². The van der Waals surface area contributed by atoms with Crippen molar-refractivity contribution in [1.29, 1.82) is 0 Å². The Morgan fingerprint density at radius 2 is 2.15 bits per heavy atom.